The number of rotatable bonds is 3. The van der Waals surface area contributed by atoms with E-state index in [1.807, 2.05) is 48.5 Å². The second-order valence-electron chi connectivity index (χ2n) is 5.19. The third-order valence-electron chi connectivity index (χ3n) is 3.51. The number of hydrogen-bond acceptors (Lipinski definition) is 5. The molecule has 23 heavy (non-hydrogen) atoms. The lowest BCUT2D eigenvalue weighted by Crippen LogP contribution is -1.97. The number of nitrogen functional groups attached to an aromatic ring is 1. The molecule has 2 heterocycles. The number of nitrogens with two attached hydrogens (primary N) is 1. The molecule has 0 spiro atoms. The Labute approximate surface area is 132 Å². The molecule has 0 radical (unpaired) electrons. The van der Waals surface area contributed by atoms with Crippen LogP contribution in [0.25, 0.3) is 22.3 Å². The molecule has 2 aromatic carbocycles. The molecule has 0 bridgehead atoms. The van der Waals surface area contributed by atoms with Crippen LogP contribution < -0.4 is 11.1 Å². The van der Waals surface area contributed by atoms with Crippen molar-refractivity contribution in [3.05, 3.63) is 60.9 Å². The van der Waals surface area contributed by atoms with E-state index in [0.717, 1.165) is 28.0 Å². The van der Waals surface area contributed by atoms with Crippen LogP contribution >= 0.6 is 0 Å². The number of H-pyrrole nitrogens is 1. The molecule has 0 saturated carbocycles. The first-order valence-corrected chi connectivity index (χ1v) is 7.17. The van der Waals surface area contributed by atoms with E-state index in [9.17, 15) is 0 Å². The SMILES string of the molecule is Nc1cccc(-c2nccc(Nc3ccc4[nH]ncc4c3)n2)c1. The average molecular weight is 302 g/mol. The quantitative estimate of drug-likeness (QED) is 0.505. The highest BCUT2D eigenvalue weighted by Gasteiger charge is 2.04. The molecular weight excluding hydrogens is 288 g/mol. The molecule has 0 fully saturated rings. The number of aromatic nitrogens is 4. The zero-order valence-corrected chi connectivity index (χ0v) is 12.2. The smallest absolute Gasteiger partial charge is 0.161 e. The zero-order valence-electron chi connectivity index (χ0n) is 12.2. The van der Waals surface area contributed by atoms with E-state index < -0.39 is 0 Å². The van der Waals surface area contributed by atoms with Gasteiger partial charge in [0.2, 0.25) is 0 Å². The third kappa shape index (κ3) is 2.69. The van der Waals surface area contributed by atoms with Gasteiger partial charge in [-0.25, -0.2) is 9.97 Å². The molecule has 0 aliphatic rings. The van der Waals surface area contributed by atoms with Gasteiger partial charge in [0.05, 0.1) is 11.7 Å². The summed E-state index contributed by atoms with van der Waals surface area (Å²) in [4.78, 5) is 8.86. The van der Waals surface area contributed by atoms with Gasteiger partial charge in [0.1, 0.15) is 5.82 Å². The first kappa shape index (κ1) is 13.3. The Morgan fingerprint density at radius 1 is 1.04 bits per heavy atom. The molecular formula is C17H14N6. The highest BCUT2D eigenvalue weighted by Crippen LogP contribution is 2.22. The maximum atomic E-state index is 5.82. The highest BCUT2D eigenvalue weighted by molar-refractivity contribution is 5.82. The summed E-state index contributed by atoms with van der Waals surface area (Å²) in [6, 6.07) is 15.3. The number of aromatic amines is 1. The van der Waals surface area contributed by atoms with E-state index in [0.29, 0.717) is 11.5 Å². The lowest BCUT2D eigenvalue weighted by molar-refractivity contribution is 1.12. The fourth-order valence-electron chi connectivity index (χ4n) is 2.41. The summed E-state index contributed by atoms with van der Waals surface area (Å²) in [6.07, 6.45) is 3.52. The molecule has 0 amide bonds. The molecule has 0 aliphatic carbocycles. The molecule has 4 rings (SSSR count). The van der Waals surface area contributed by atoms with Crippen molar-refractivity contribution in [2.24, 2.45) is 0 Å². The van der Waals surface area contributed by atoms with Crippen LogP contribution in [0.2, 0.25) is 0 Å². The molecule has 0 saturated heterocycles. The molecule has 0 aliphatic heterocycles. The Kier molecular flexibility index (Phi) is 3.12. The normalized spacial score (nSPS) is 10.8. The van der Waals surface area contributed by atoms with E-state index in [2.05, 4.69) is 25.5 Å². The van der Waals surface area contributed by atoms with E-state index in [-0.39, 0.29) is 0 Å². The van der Waals surface area contributed by atoms with Crippen molar-refractivity contribution >= 4 is 28.1 Å². The maximum absolute atomic E-state index is 5.82. The largest absolute Gasteiger partial charge is 0.399 e. The Bertz CT molecular complexity index is 975. The van der Waals surface area contributed by atoms with Gasteiger partial charge in [0.15, 0.2) is 5.82 Å². The topological polar surface area (TPSA) is 92.5 Å². The van der Waals surface area contributed by atoms with Gasteiger partial charge >= 0.3 is 0 Å². The molecule has 4 aromatic rings. The summed E-state index contributed by atoms with van der Waals surface area (Å²) in [6.45, 7) is 0. The summed E-state index contributed by atoms with van der Waals surface area (Å²) in [5.74, 6) is 1.35. The van der Waals surface area contributed by atoms with Gasteiger partial charge in [-0.3, -0.25) is 5.10 Å². The van der Waals surface area contributed by atoms with Crippen LogP contribution in [0.1, 0.15) is 0 Å². The van der Waals surface area contributed by atoms with Crippen molar-refractivity contribution in [1.29, 1.82) is 0 Å². The number of benzene rings is 2. The van der Waals surface area contributed by atoms with Crippen LogP contribution in [0.4, 0.5) is 17.2 Å². The van der Waals surface area contributed by atoms with Crippen LogP contribution in [-0.2, 0) is 0 Å². The minimum Gasteiger partial charge on any atom is -0.399 e. The van der Waals surface area contributed by atoms with Crippen molar-refractivity contribution < 1.29 is 0 Å². The summed E-state index contributed by atoms with van der Waals surface area (Å²) in [5, 5.41) is 11.3. The van der Waals surface area contributed by atoms with Crippen LogP contribution in [0, 0.1) is 0 Å². The molecule has 6 heteroatoms. The second kappa shape index (κ2) is 5.42. The Hall–Kier alpha value is -3.41. The van der Waals surface area contributed by atoms with Gasteiger partial charge in [-0.1, -0.05) is 12.1 Å². The lowest BCUT2D eigenvalue weighted by Gasteiger charge is -2.07. The first-order valence-electron chi connectivity index (χ1n) is 7.17. The van der Waals surface area contributed by atoms with Gasteiger partial charge < -0.3 is 11.1 Å². The molecule has 0 atom stereocenters. The van der Waals surface area contributed by atoms with Gasteiger partial charge in [0, 0.05) is 28.5 Å². The van der Waals surface area contributed by atoms with Crippen molar-refractivity contribution in [2.75, 3.05) is 11.1 Å². The lowest BCUT2D eigenvalue weighted by atomic mass is 10.2. The van der Waals surface area contributed by atoms with Gasteiger partial charge in [-0.2, -0.15) is 5.10 Å². The average Bonchev–Trinajstić information content (AvgIpc) is 3.03. The fourth-order valence-corrected chi connectivity index (χ4v) is 2.41. The van der Waals surface area contributed by atoms with E-state index in [1.54, 1.807) is 12.4 Å². The van der Waals surface area contributed by atoms with Crippen molar-refractivity contribution in [3.63, 3.8) is 0 Å². The van der Waals surface area contributed by atoms with Crippen molar-refractivity contribution in [1.82, 2.24) is 20.2 Å². The van der Waals surface area contributed by atoms with Crippen LogP contribution in [0.3, 0.4) is 0 Å². The summed E-state index contributed by atoms with van der Waals surface area (Å²) in [7, 11) is 0. The van der Waals surface area contributed by atoms with Crippen molar-refractivity contribution in [3.8, 4) is 11.4 Å². The van der Waals surface area contributed by atoms with Crippen LogP contribution in [0.5, 0.6) is 0 Å². The molecule has 0 unspecified atom stereocenters. The van der Waals surface area contributed by atoms with Gasteiger partial charge in [0.25, 0.3) is 0 Å². The van der Waals surface area contributed by atoms with Crippen molar-refractivity contribution in [2.45, 2.75) is 0 Å². The zero-order chi connectivity index (χ0) is 15.6. The Morgan fingerprint density at radius 2 is 2.00 bits per heavy atom. The van der Waals surface area contributed by atoms with Crippen LogP contribution in [0.15, 0.2) is 60.9 Å². The first-order chi connectivity index (χ1) is 11.3. The Morgan fingerprint density at radius 3 is 2.91 bits per heavy atom. The predicted octanol–water partition coefficient (Wildman–Crippen LogP) is 3.35. The summed E-state index contributed by atoms with van der Waals surface area (Å²) < 4.78 is 0. The second-order valence-corrected chi connectivity index (χ2v) is 5.19. The van der Waals surface area contributed by atoms with Crippen LogP contribution in [-0.4, -0.2) is 20.2 Å². The minimum atomic E-state index is 0.631. The highest BCUT2D eigenvalue weighted by atomic mass is 15.1. The number of nitrogens with zero attached hydrogens (tertiary/aromatic N) is 3. The standard InChI is InChI=1S/C17H14N6/c18-13-3-1-2-11(8-13)17-19-7-6-16(22-17)21-14-4-5-15-12(9-14)10-20-23-15/h1-10H,18H2,(H,20,23)(H,19,21,22). The van der Waals surface area contributed by atoms with Gasteiger partial charge in [-0.05, 0) is 36.4 Å². The Balaban J connectivity index is 1.65. The number of nitrogens with one attached hydrogen (secondary N) is 2. The molecule has 6 nitrogen and oxygen atoms in total. The molecule has 2 aromatic heterocycles. The number of fused-ring (bicyclic) bond motifs is 1. The molecule has 112 valence electrons. The molecule has 4 N–H and O–H groups in total. The summed E-state index contributed by atoms with van der Waals surface area (Å²) in [5.41, 5.74) is 9.34. The number of hydrogen-bond donors (Lipinski definition) is 3. The summed E-state index contributed by atoms with van der Waals surface area (Å²) >= 11 is 0. The van der Waals surface area contributed by atoms with Gasteiger partial charge in [-0.15, -0.1) is 0 Å². The van der Waals surface area contributed by atoms with E-state index in [1.165, 1.54) is 0 Å². The van der Waals surface area contributed by atoms with E-state index >= 15 is 0 Å². The van der Waals surface area contributed by atoms with E-state index in [4.69, 9.17) is 5.73 Å². The minimum absolute atomic E-state index is 0.631. The predicted molar refractivity (Wildman–Crippen MR) is 91.3 cm³/mol. The fraction of sp³-hybridized carbons (Fsp3) is 0. The third-order valence-corrected chi connectivity index (χ3v) is 3.51. The number of anilines is 3. The monoisotopic (exact) mass is 302 g/mol. The maximum Gasteiger partial charge on any atom is 0.161 e.